The molecule has 4 heteroatoms. The zero-order valence-corrected chi connectivity index (χ0v) is 9.54. The summed E-state index contributed by atoms with van der Waals surface area (Å²) in [6.07, 6.45) is 0.705. The quantitative estimate of drug-likeness (QED) is 0.490. The number of anilines is 1. The fourth-order valence-corrected chi connectivity index (χ4v) is 1.26. The third kappa shape index (κ3) is 3.00. The molecule has 0 aromatic heterocycles. The van der Waals surface area contributed by atoms with Crippen LogP contribution in [0.1, 0.15) is 22.3 Å². The SMILES string of the molecule is Nc1c(C#CCCBr)cccc1C(=O)O. The lowest BCUT2D eigenvalue weighted by molar-refractivity contribution is 0.0698. The predicted molar refractivity (Wildman–Crippen MR) is 63.1 cm³/mol. The summed E-state index contributed by atoms with van der Waals surface area (Å²) in [5, 5.41) is 9.62. The number of benzene rings is 1. The zero-order chi connectivity index (χ0) is 11.3. The van der Waals surface area contributed by atoms with E-state index in [9.17, 15) is 4.79 Å². The third-order valence-corrected chi connectivity index (χ3v) is 2.18. The molecule has 1 rings (SSSR count). The highest BCUT2D eigenvalue weighted by Crippen LogP contribution is 2.16. The van der Waals surface area contributed by atoms with Crippen molar-refractivity contribution in [2.24, 2.45) is 0 Å². The summed E-state index contributed by atoms with van der Waals surface area (Å²) < 4.78 is 0. The van der Waals surface area contributed by atoms with Crippen LogP contribution in [0.2, 0.25) is 0 Å². The fraction of sp³-hybridized carbons (Fsp3) is 0.182. The van der Waals surface area contributed by atoms with Crippen LogP contribution in [-0.2, 0) is 0 Å². The van der Waals surface area contributed by atoms with Gasteiger partial charge in [0.15, 0.2) is 0 Å². The Morgan fingerprint density at radius 2 is 2.27 bits per heavy atom. The molecule has 1 aromatic carbocycles. The van der Waals surface area contributed by atoms with Crippen molar-refractivity contribution < 1.29 is 9.90 Å². The molecule has 15 heavy (non-hydrogen) atoms. The smallest absolute Gasteiger partial charge is 0.337 e. The van der Waals surface area contributed by atoms with Crippen LogP contribution in [0, 0.1) is 11.8 Å². The summed E-state index contributed by atoms with van der Waals surface area (Å²) in [4.78, 5) is 10.8. The van der Waals surface area contributed by atoms with Crippen LogP contribution in [0.25, 0.3) is 0 Å². The second-order valence-electron chi connectivity index (χ2n) is 2.81. The highest BCUT2D eigenvalue weighted by molar-refractivity contribution is 9.09. The van der Waals surface area contributed by atoms with Crippen molar-refractivity contribution in [2.75, 3.05) is 11.1 Å². The Morgan fingerprint density at radius 3 is 2.87 bits per heavy atom. The average Bonchev–Trinajstić information content (AvgIpc) is 2.20. The number of nitrogen functional groups attached to an aromatic ring is 1. The number of carboxylic acid groups (broad SMARTS) is 1. The highest BCUT2D eigenvalue weighted by atomic mass is 79.9. The molecule has 0 spiro atoms. The lowest BCUT2D eigenvalue weighted by Gasteiger charge is -2.01. The Balaban J connectivity index is 3.06. The Hall–Kier alpha value is -1.47. The van der Waals surface area contributed by atoms with Gasteiger partial charge in [0, 0.05) is 17.3 Å². The van der Waals surface area contributed by atoms with E-state index < -0.39 is 5.97 Å². The second-order valence-corrected chi connectivity index (χ2v) is 3.61. The molecule has 1 aromatic rings. The number of alkyl halides is 1. The van der Waals surface area contributed by atoms with Gasteiger partial charge in [-0.3, -0.25) is 0 Å². The van der Waals surface area contributed by atoms with E-state index in [1.165, 1.54) is 6.07 Å². The number of hydrogen-bond donors (Lipinski definition) is 2. The maximum Gasteiger partial charge on any atom is 0.337 e. The molecule has 0 aliphatic rings. The van der Waals surface area contributed by atoms with E-state index in [0.29, 0.717) is 12.0 Å². The number of carboxylic acids is 1. The molecule has 3 N–H and O–H groups in total. The van der Waals surface area contributed by atoms with Gasteiger partial charge in [-0.25, -0.2) is 4.79 Å². The molecule has 0 amide bonds. The van der Waals surface area contributed by atoms with Crippen LogP contribution in [0.4, 0.5) is 5.69 Å². The summed E-state index contributed by atoms with van der Waals surface area (Å²) in [6, 6.07) is 4.81. The number of hydrogen-bond acceptors (Lipinski definition) is 2. The van der Waals surface area contributed by atoms with E-state index in [2.05, 4.69) is 27.8 Å². The van der Waals surface area contributed by atoms with Gasteiger partial charge in [0.2, 0.25) is 0 Å². The van der Waals surface area contributed by atoms with Gasteiger partial charge >= 0.3 is 5.97 Å². The van der Waals surface area contributed by atoms with Crippen LogP contribution in [0.15, 0.2) is 18.2 Å². The summed E-state index contributed by atoms with van der Waals surface area (Å²) in [6.45, 7) is 0. The molecule has 0 atom stereocenters. The fourth-order valence-electron chi connectivity index (χ4n) is 1.07. The maximum atomic E-state index is 10.8. The summed E-state index contributed by atoms with van der Waals surface area (Å²) in [7, 11) is 0. The normalized spacial score (nSPS) is 9.13. The van der Waals surface area contributed by atoms with E-state index in [1.807, 2.05) is 0 Å². The first-order valence-corrected chi connectivity index (χ1v) is 5.45. The summed E-state index contributed by atoms with van der Waals surface area (Å²) in [5.41, 5.74) is 6.56. The number of aromatic carboxylic acids is 1. The summed E-state index contributed by atoms with van der Waals surface area (Å²) in [5.74, 6) is 4.70. The van der Waals surface area contributed by atoms with Gasteiger partial charge in [-0.2, -0.15) is 0 Å². The molecule has 0 saturated heterocycles. The minimum Gasteiger partial charge on any atom is -0.478 e. The lowest BCUT2D eigenvalue weighted by Crippen LogP contribution is -2.03. The Labute approximate surface area is 96.4 Å². The van der Waals surface area contributed by atoms with Crippen molar-refractivity contribution in [3.63, 3.8) is 0 Å². The molecule has 3 nitrogen and oxygen atoms in total. The molecule has 0 fully saturated rings. The molecular formula is C11H10BrNO2. The van der Waals surface area contributed by atoms with Gasteiger partial charge in [-0.15, -0.1) is 0 Å². The number of carbonyl (C=O) groups is 1. The molecule has 0 saturated carbocycles. The summed E-state index contributed by atoms with van der Waals surface area (Å²) >= 11 is 3.25. The number of para-hydroxylation sites is 1. The van der Waals surface area contributed by atoms with Gasteiger partial charge in [0.25, 0.3) is 0 Å². The molecule has 0 radical (unpaired) electrons. The molecule has 78 valence electrons. The monoisotopic (exact) mass is 267 g/mol. The number of halogens is 1. The topological polar surface area (TPSA) is 63.3 Å². The minimum absolute atomic E-state index is 0.0978. The number of nitrogens with two attached hydrogens (primary N) is 1. The Kier molecular flexibility index (Phi) is 4.19. The van der Waals surface area contributed by atoms with Crippen LogP contribution in [-0.4, -0.2) is 16.4 Å². The molecule has 0 aliphatic carbocycles. The van der Waals surface area contributed by atoms with Crippen molar-refractivity contribution in [1.82, 2.24) is 0 Å². The van der Waals surface area contributed by atoms with Gasteiger partial charge in [0.1, 0.15) is 0 Å². The van der Waals surface area contributed by atoms with Crippen molar-refractivity contribution in [3.05, 3.63) is 29.3 Å². The lowest BCUT2D eigenvalue weighted by atomic mass is 10.1. The first kappa shape index (κ1) is 11.6. The van der Waals surface area contributed by atoms with Crippen LogP contribution in [0.3, 0.4) is 0 Å². The third-order valence-electron chi connectivity index (χ3n) is 1.78. The standard InChI is InChI=1S/C11H10BrNO2/c12-7-2-1-4-8-5-3-6-9(10(8)13)11(14)15/h3,5-6H,2,7,13H2,(H,14,15). The van der Waals surface area contributed by atoms with E-state index >= 15 is 0 Å². The van der Waals surface area contributed by atoms with E-state index in [1.54, 1.807) is 12.1 Å². The number of rotatable bonds is 2. The van der Waals surface area contributed by atoms with Crippen LogP contribution < -0.4 is 5.73 Å². The molecule has 0 aliphatic heterocycles. The molecule has 0 bridgehead atoms. The van der Waals surface area contributed by atoms with Crippen molar-refractivity contribution in [2.45, 2.75) is 6.42 Å². The van der Waals surface area contributed by atoms with Crippen molar-refractivity contribution in [3.8, 4) is 11.8 Å². The van der Waals surface area contributed by atoms with Gasteiger partial charge in [-0.05, 0) is 12.1 Å². The first-order valence-electron chi connectivity index (χ1n) is 4.33. The highest BCUT2D eigenvalue weighted by Gasteiger charge is 2.08. The van der Waals surface area contributed by atoms with Crippen molar-refractivity contribution >= 4 is 27.6 Å². The Bertz CT molecular complexity index is 432. The maximum absolute atomic E-state index is 10.8. The van der Waals surface area contributed by atoms with Gasteiger partial charge < -0.3 is 10.8 Å². The molecular weight excluding hydrogens is 258 g/mol. The van der Waals surface area contributed by atoms with Crippen molar-refractivity contribution in [1.29, 1.82) is 0 Å². The largest absolute Gasteiger partial charge is 0.478 e. The van der Waals surface area contributed by atoms with E-state index in [0.717, 1.165) is 5.33 Å². The Morgan fingerprint density at radius 1 is 1.53 bits per heavy atom. The van der Waals surface area contributed by atoms with E-state index in [-0.39, 0.29) is 11.3 Å². The van der Waals surface area contributed by atoms with E-state index in [4.69, 9.17) is 10.8 Å². The van der Waals surface area contributed by atoms with Crippen LogP contribution in [0.5, 0.6) is 0 Å². The molecule has 0 heterocycles. The second kappa shape index (κ2) is 5.42. The molecule has 0 unspecified atom stereocenters. The van der Waals surface area contributed by atoms with Gasteiger partial charge in [0.05, 0.1) is 11.3 Å². The zero-order valence-electron chi connectivity index (χ0n) is 7.96. The average molecular weight is 268 g/mol. The van der Waals surface area contributed by atoms with Crippen LogP contribution >= 0.6 is 15.9 Å². The minimum atomic E-state index is -1.03. The predicted octanol–water partition coefficient (Wildman–Crippen LogP) is 2.10. The van der Waals surface area contributed by atoms with Gasteiger partial charge in [-0.1, -0.05) is 33.8 Å². The first-order chi connectivity index (χ1) is 7.16.